The summed E-state index contributed by atoms with van der Waals surface area (Å²) in [5.74, 6) is -1.19. The molecule has 1 unspecified atom stereocenters. The molecule has 1 N–H and O–H groups in total. The number of ether oxygens (including phenoxy) is 2. The number of carbonyl (C=O) groups excluding carboxylic acids is 4. The smallest absolute Gasteiger partial charge is 0.328 e. The highest BCUT2D eigenvalue weighted by atomic mass is 16.5. The van der Waals surface area contributed by atoms with Gasteiger partial charge in [0.25, 0.3) is 0 Å². The number of ketones is 1. The van der Waals surface area contributed by atoms with Crippen molar-refractivity contribution in [3.63, 3.8) is 0 Å². The van der Waals surface area contributed by atoms with Crippen molar-refractivity contribution in [3.8, 4) is 0 Å². The molecule has 1 aromatic carbocycles. The van der Waals surface area contributed by atoms with Crippen molar-refractivity contribution in [1.82, 2.24) is 10.2 Å². The lowest BCUT2D eigenvalue weighted by atomic mass is 10.0. The largest absolute Gasteiger partial charge is 0.468 e. The standard InChI is InChI=1S/C22H30N2O6/c1-15(20(26)24-14-8-12-18(24)22(28)30-3)23-17(21(27)29-2)11-7-13-19(25)16-9-5-4-6-10-16/h4-6,9-10,15,17-18,23H,7-8,11-14H2,1-3H3/t15-,17?,18-/m0/s1. The molecular formula is C22H30N2O6. The monoisotopic (exact) mass is 418 g/mol. The average Bonchev–Trinajstić information content (AvgIpc) is 3.27. The van der Waals surface area contributed by atoms with Gasteiger partial charge in [-0.2, -0.15) is 0 Å². The first kappa shape index (κ1) is 23.5. The molecule has 0 radical (unpaired) electrons. The number of hydrogen-bond acceptors (Lipinski definition) is 7. The Hall–Kier alpha value is -2.74. The summed E-state index contributed by atoms with van der Waals surface area (Å²) in [5.41, 5.74) is 0.631. The number of amides is 1. The minimum atomic E-state index is -0.725. The van der Waals surface area contributed by atoms with E-state index in [0.717, 1.165) is 6.42 Å². The topological polar surface area (TPSA) is 102 Å². The van der Waals surface area contributed by atoms with Crippen LogP contribution in [0.5, 0.6) is 0 Å². The molecule has 8 heteroatoms. The van der Waals surface area contributed by atoms with E-state index < -0.39 is 30.1 Å². The second-order valence-corrected chi connectivity index (χ2v) is 7.36. The minimum Gasteiger partial charge on any atom is -0.468 e. The van der Waals surface area contributed by atoms with E-state index >= 15 is 0 Å². The zero-order chi connectivity index (χ0) is 22.1. The Morgan fingerprint density at radius 3 is 2.47 bits per heavy atom. The molecule has 0 saturated carbocycles. The van der Waals surface area contributed by atoms with Crippen molar-refractivity contribution in [2.75, 3.05) is 20.8 Å². The van der Waals surface area contributed by atoms with E-state index in [4.69, 9.17) is 9.47 Å². The van der Waals surface area contributed by atoms with Crippen LogP contribution in [-0.4, -0.2) is 67.4 Å². The number of hydrogen-bond donors (Lipinski definition) is 1. The normalized spacial score (nSPS) is 17.8. The number of Topliss-reactive ketones (excluding diaryl/α,β-unsaturated/α-hetero) is 1. The second-order valence-electron chi connectivity index (χ2n) is 7.36. The maximum absolute atomic E-state index is 12.8. The fourth-order valence-electron chi connectivity index (χ4n) is 3.68. The summed E-state index contributed by atoms with van der Waals surface area (Å²) in [7, 11) is 2.58. The summed E-state index contributed by atoms with van der Waals surface area (Å²) in [4.78, 5) is 50.7. The number of nitrogens with zero attached hydrogens (tertiary/aromatic N) is 1. The van der Waals surface area contributed by atoms with Crippen molar-refractivity contribution < 1.29 is 28.7 Å². The van der Waals surface area contributed by atoms with Crippen molar-refractivity contribution in [3.05, 3.63) is 35.9 Å². The molecule has 0 bridgehead atoms. The van der Waals surface area contributed by atoms with Crippen LogP contribution in [0.2, 0.25) is 0 Å². The van der Waals surface area contributed by atoms with Crippen molar-refractivity contribution >= 4 is 23.6 Å². The van der Waals surface area contributed by atoms with Gasteiger partial charge in [0.2, 0.25) is 5.91 Å². The van der Waals surface area contributed by atoms with Gasteiger partial charge in [0, 0.05) is 18.5 Å². The molecule has 1 aliphatic rings. The predicted octanol–water partition coefficient (Wildman–Crippen LogP) is 1.72. The summed E-state index contributed by atoms with van der Waals surface area (Å²) < 4.78 is 9.64. The highest BCUT2D eigenvalue weighted by Gasteiger charge is 2.37. The van der Waals surface area contributed by atoms with Gasteiger partial charge < -0.3 is 14.4 Å². The van der Waals surface area contributed by atoms with Gasteiger partial charge in [0.15, 0.2) is 5.78 Å². The van der Waals surface area contributed by atoms with Crippen LogP contribution in [0, 0.1) is 0 Å². The molecule has 1 fully saturated rings. The lowest BCUT2D eigenvalue weighted by Crippen LogP contribution is -2.53. The van der Waals surface area contributed by atoms with Crippen molar-refractivity contribution in [1.29, 1.82) is 0 Å². The molecule has 1 amide bonds. The molecular weight excluding hydrogens is 388 g/mol. The first-order valence-corrected chi connectivity index (χ1v) is 10.2. The van der Waals surface area contributed by atoms with Crippen LogP contribution in [0.4, 0.5) is 0 Å². The van der Waals surface area contributed by atoms with E-state index in [1.165, 1.54) is 19.1 Å². The predicted molar refractivity (Wildman–Crippen MR) is 110 cm³/mol. The molecule has 1 aromatic rings. The molecule has 3 atom stereocenters. The van der Waals surface area contributed by atoms with Gasteiger partial charge in [-0.15, -0.1) is 0 Å². The van der Waals surface area contributed by atoms with Crippen LogP contribution in [-0.2, 0) is 23.9 Å². The molecule has 1 saturated heterocycles. The zero-order valence-corrected chi connectivity index (χ0v) is 17.8. The van der Waals surface area contributed by atoms with Crippen LogP contribution < -0.4 is 5.32 Å². The summed E-state index contributed by atoms with van der Waals surface area (Å²) in [6.45, 7) is 2.12. The van der Waals surface area contributed by atoms with E-state index in [0.29, 0.717) is 31.4 Å². The van der Waals surface area contributed by atoms with Crippen LogP contribution in [0.3, 0.4) is 0 Å². The fraction of sp³-hybridized carbons (Fsp3) is 0.545. The molecule has 2 rings (SSSR count). The Morgan fingerprint density at radius 2 is 1.83 bits per heavy atom. The Morgan fingerprint density at radius 1 is 1.13 bits per heavy atom. The Bertz CT molecular complexity index is 751. The van der Waals surface area contributed by atoms with E-state index in [1.54, 1.807) is 31.2 Å². The number of esters is 2. The molecule has 0 aromatic heterocycles. The third-order valence-corrected chi connectivity index (χ3v) is 5.31. The number of likely N-dealkylation sites (tertiary alicyclic amines) is 1. The number of benzene rings is 1. The number of nitrogens with one attached hydrogen (secondary N) is 1. The maximum Gasteiger partial charge on any atom is 0.328 e. The quantitative estimate of drug-likeness (QED) is 0.456. The third-order valence-electron chi connectivity index (χ3n) is 5.31. The highest BCUT2D eigenvalue weighted by molar-refractivity contribution is 5.96. The van der Waals surface area contributed by atoms with Crippen LogP contribution in [0.1, 0.15) is 49.4 Å². The number of rotatable bonds is 10. The lowest BCUT2D eigenvalue weighted by Gasteiger charge is -2.28. The molecule has 0 spiro atoms. The fourth-order valence-corrected chi connectivity index (χ4v) is 3.68. The average molecular weight is 418 g/mol. The summed E-state index contributed by atoms with van der Waals surface area (Å²) in [6, 6.07) is 6.96. The second kappa shape index (κ2) is 11.4. The number of methoxy groups -OCH3 is 2. The van der Waals surface area contributed by atoms with Gasteiger partial charge in [0.05, 0.1) is 20.3 Å². The van der Waals surface area contributed by atoms with E-state index in [1.807, 2.05) is 6.07 Å². The Balaban J connectivity index is 1.93. The summed E-state index contributed by atoms with van der Waals surface area (Å²) in [5, 5.41) is 3.01. The van der Waals surface area contributed by atoms with Gasteiger partial charge in [-0.3, -0.25) is 19.7 Å². The highest BCUT2D eigenvalue weighted by Crippen LogP contribution is 2.20. The summed E-state index contributed by atoms with van der Waals surface area (Å²) >= 11 is 0. The van der Waals surface area contributed by atoms with E-state index in [2.05, 4.69) is 5.32 Å². The third kappa shape index (κ3) is 6.13. The van der Waals surface area contributed by atoms with Gasteiger partial charge in [-0.05, 0) is 32.6 Å². The van der Waals surface area contributed by atoms with E-state index in [9.17, 15) is 19.2 Å². The zero-order valence-electron chi connectivity index (χ0n) is 17.8. The molecule has 1 aliphatic heterocycles. The molecule has 164 valence electrons. The van der Waals surface area contributed by atoms with Crippen LogP contribution in [0.15, 0.2) is 30.3 Å². The maximum atomic E-state index is 12.8. The van der Waals surface area contributed by atoms with Gasteiger partial charge in [-0.1, -0.05) is 30.3 Å². The first-order chi connectivity index (χ1) is 14.4. The van der Waals surface area contributed by atoms with Crippen LogP contribution >= 0.6 is 0 Å². The van der Waals surface area contributed by atoms with Gasteiger partial charge in [0.1, 0.15) is 12.1 Å². The Kier molecular flexibility index (Phi) is 8.98. The Labute approximate surface area is 176 Å². The first-order valence-electron chi connectivity index (χ1n) is 10.2. The van der Waals surface area contributed by atoms with Gasteiger partial charge in [-0.25, -0.2) is 4.79 Å². The molecule has 0 aliphatic carbocycles. The summed E-state index contributed by atoms with van der Waals surface area (Å²) in [6.07, 6.45) is 2.39. The molecule has 1 heterocycles. The van der Waals surface area contributed by atoms with Crippen LogP contribution in [0.25, 0.3) is 0 Å². The SMILES string of the molecule is COC(=O)C(CCCC(=O)c1ccccc1)N[C@@H](C)C(=O)N1CCC[C@H]1C(=O)OC. The van der Waals surface area contributed by atoms with E-state index in [-0.39, 0.29) is 18.1 Å². The van der Waals surface area contributed by atoms with Gasteiger partial charge >= 0.3 is 11.9 Å². The van der Waals surface area contributed by atoms with Crippen molar-refractivity contribution in [2.24, 2.45) is 0 Å². The lowest BCUT2D eigenvalue weighted by molar-refractivity contribution is -0.152. The minimum absolute atomic E-state index is 0.00123. The molecule has 30 heavy (non-hydrogen) atoms. The molecule has 8 nitrogen and oxygen atoms in total. The number of carbonyl (C=O) groups is 4. The van der Waals surface area contributed by atoms with Crippen molar-refractivity contribution in [2.45, 2.75) is 57.2 Å².